The lowest BCUT2D eigenvalue weighted by atomic mass is 10.1. The van der Waals surface area contributed by atoms with Crippen LogP contribution in [0.3, 0.4) is 0 Å². The molecule has 21 heavy (non-hydrogen) atoms. The smallest absolute Gasteiger partial charge is 0.303 e. The summed E-state index contributed by atoms with van der Waals surface area (Å²) in [7, 11) is 0. The van der Waals surface area contributed by atoms with E-state index in [-0.39, 0.29) is 12.3 Å². The Labute approximate surface area is 122 Å². The first-order valence-electron chi connectivity index (χ1n) is 6.67. The van der Waals surface area contributed by atoms with E-state index in [2.05, 4.69) is 10.4 Å². The van der Waals surface area contributed by atoms with Gasteiger partial charge in [0.25, 0.3) is 0 Å². The summed E-state index contributed by atoms with van der Waals surface area (Å²) >= 11 is 0. The summed E-state index contributed by atoms with van der Waals surface area (Å²) in [5.74, 6) is -0.975. The maximum Gasteiger partial charge on any atom is 0.303 e. The van der Waals surface area contributed by atoms with E-state index >= 15 is 0 Å². The zero-order chi connectivity index (χ0) is 15.2. The first kappa shape index (κ1) is 14.8. The first-order valence-corrected chi connectivity index (χ1v) is 6.67. The molecular weight excluding hydrogens is 270 g/mol. The molecule has 2 aromatic rings. The Hall–Kier alpha value is -2.63. The second-order valence-corrected chi connectivity index (χ2v) is 4.74. The predicted octanol–water partition coefficient (Wildman–Crippen LogP) is 2.10. The number of nitrogens with one attached hydrogen (secondary N) is 1. The van der Waals surface area contributed by atoms with Gasteiger partial charge >= 0.3 is 5.97 Å². The summed E-state index contributed by atoms with van der Waals surface area (Å²) in [5, 5.41) is 15.5. The van der Waals surface area contributed by atoms with E-state index in [1.54, 1.807) is 42.2 Å². The van der Waals surface area contributed by atoms with Gasteiger partial charge in [0.2, 0.25) is 5.91 Å². The second kappa shape index (κ2) is 6.69. The molecule has 1 aromatic heterocycles. The van der Waals surface area contributed by atoms with Crippen molar-refractivity contribution in [3.63, 3.8) is 0 Å². The van der Waals surface area contributed by atoms with E-state index in [1.807, 2.05) is 12.1 Å². The minimum absolute atomic E-state index is 0.0992. The Balaban J connectivity index is 1.93. The van der Waals surface area contributed by atoms with Crippen molar-refractivity contribution in [2.75, 3.05) is 5.32 Å². The topological polar surface area (TPSA) is 84.2 Å². The van der Waals surface area contributed by atoms with Crippen molar-refractivity contribution in [2.45, 2.75) is 25.8 Å². The number of aliphatic carboxylic acids is 1. The first-order chi connectivity index (χ1) is 10.1. The molecule has 0 spiro atoms. The van der Waals surface area contributed by atoms with Crippen LogP contribution in [0, 0.1) is 0 Å². The van der Waals surface area contributed by atoms with Crippen LogP contribution in [0.5, 0.6) is 0 Å². The number of carbonyl (C=O) groups is 2. The molecule has 0 saturated heterocycles. The van der Waals surface area contributed by atoms with Crippen LogP contribution in [0.1, 0.15) is 24.9 Å². The van der Waals surface area contributed by atoms with Crippen molar-refractivity contribution < 1.29 is 14.7 Å². The molecule has 1 aromatic carbocycles. The van der Waals surface area contributed by atoms with Gasteiger partial charge < -0.3 is 10.4 Å². The van der Waals surface area contributed by atoms with E-state index in [9.17, 15) is 9.59 Å². The van der Waals surface area contributed by atoms with Crippen LogP contribution in [-0.2, 0) is 16.0 Å². The Morgan fingerprint density at radius 1 is 1.33 bits per heavy atom. The average molecular weight is 287 g/mol. The number of aromatic nitrogens is 2. The number of anilines is 1. The number of carboxylic acid groups (broad SMARTS) is 1. The highest BCUT2D eigenvalue weighted by atomic mass is 16.4. The molecule has 0 aliphatic heterocycles. The summed E-state index contributed by atoms with van der Waals surface area (Å²) in [4.78, 5) is 22.6. The van der Waals surface area contributed by atoms with Gasteiger partial charge in [0.15, 0.2) is 0 Å². The summed E-state index contributed by atoms with van der Waals surface area (Å²) in [6, 6.07) is 8.54. The van der Waals surface area contributed by atoms with Gasteiger partial charge in [-0.3, -0.25) is 14.3 Å². The molecule has 0 bridgehead atoms. The molecule has 110 valence electrons. The molecule has 1 unspecified atom stereocenters. The lowest BCUT2D eigenvalue weighted by molar-refractivity contribution is -0.137. The molecule has 6 heteroatoms. The molecule has 1 amide bonds. The fourth-order valence-corrected chi connectivity index (χ4v) is 1.88. The monoisotopic (exact) mass is 287 g/mol. The van der Waals surface area contributed by atoms with E-state index in [0.717, 1.165) is 5.56 Å². The highest BCUT2D eigenvalue weighted by molar-refractivity contribution is 5.93. The van der Waals surface area contributed by atoms with E-state index in [4.69, 9.17) is 5.11 Å². The Kier molecular flexibility index (Phi) is 4.71. The molecule has 6 nitrogen and oxygen atoms in total. The largest absolute Gasteiger partial charge is 0.481 e. The van der Waals surface area contributed by atoms with Gasteiger partial charge in [0.05, 0.1) is 0 Å². The predicted molar refractivity (Wildman–Crippen MR) is 78.0 cm³/mol. The van der Waals surface area contributed by atoms with Crippen molar-refractivity contribution in [3.8, 4) is 0 Å². The van der Waals surface area contributed by atoms with Crippen molar-refractivity contribution in [1.82, 2.24) is 9.78 Å². The van der Waals surface area contributed by atoms with Crippen LogP contribution in [-0.4, -0.2) is 26.8 Å². The Morgan fingerprint density at radius 3 is 2.62 bits per heavy atom. The van der Waals surface area contributed by atoms with Gasteiger partial charge in [0, 0.05) is 24.5 Å². The van der Waals surface area contributed by atoms with Gasteiger partial charge in [-0.2, -0.15) is 5.10 Å². The van der Waals surface area contributed by atoms with Crippen LogP contribution >= 0.6 is 0 Å². The highest BCUT2D eigenvalue weighted by Gasteiger charge is 2.14. The summed E-state index contributed by atoms with van der Waals surface area (Å²) < 4.78 is 1.58. The number of amides is 1. The molecule has 1 atom stereocenters. The van der Waals surface area contributed by atoms with Crippen molar-refractivity contribution in [1.29, 1.82) is 0 Å². The van der Waals surface area contributed by atoms with Gasteiger partial charge in [-0.15, -0.1) is 0 Å². The number of rotatable bonds is 6. The molecule has 0 fully saturated rings. The molecule has 0 aliphatic rings. The minimum Gasteiger partial charge on any atom is -0.481 e. The number of carbonyl (C=O) groups excluding carboxylic acids is 1. The maximum atomic E-state index is 12.1. The third kappa shape index (κ3) is 4.17. The number of nitrogens with zero attached hydrogens (tertiary/aromatic N) is 2. The molecule has 2 rings (SSSR count). The van der Waals surface area contributed by atoms with Crippen LogP contribution in [0.15, 0.2) is 42.7 Å². The van der Waals surface area contributed by atoms with Crippen LogP contribution in [0.25, 0.3) is 0 Å². The Morgan fingerprint density at radius 2 is 2.05 bits per heavy atom. The average Bonchev–Trinajstić information content (AvgIpc) is 2.99. The minimum atomic E-state index is -0.819. The van der Waals surface area contributed by atoms with Gasteiger partial charge in [-0.1, -0.05) is 12.1 Å². The maximum absolute atomic E-state index is 12.1. The molecule has 0 radical (unpaired) electrons. The molecule has 0 saturated carbocycles. The number of hydrogen-bond donors (Lipinski definition) is 2. The number of benzene rings is 1. The quantitative estimate of drug-likeness (QED) is 0.852. The second-order valence-electron chi connectivity index (χ2n) is 4.74. The fourth-order valence-electron chi connectivity index (χ4n) is 1.88. The van der Waals surface area contributed by atoms with Crippen molar-refractivity contribution in [3.05, 3.63) is 48.3 Å². The highest BCUT2D eigenvalue weighted by Crippen LogP contribution is 2.13. The van der Waals surface area contributed by atoms with Crippen LogP contribution in [0.2, 0.25) is 0 Å². The number of aryl methyl sites for hydroxylation is 1. The lowest BCUT2D eigenvalue weighted by Crippen LogP contribution is -2.23. The normalized spacial score (nSPS) is 11.9. The summed E-state index contributed by atoms with van der Waals surface area (Å²) in [5.41, 5.74) is 1.61. The van der Waals surface area contributed by atoms with Crippen LogP contribution in [0.4, 0.5) is 5.69 Å². The third-order valence-corrected chi connectivity index (χ3v) is 3.15. The molecule has 2 N–H and O–H groups in total. The van der Waals surface area contributed by atoms with Crippen molar-refractivity contribution in [2.24, 2.45) is 0 Å². The standard InChI is InChI=1S/C15H17N3O3/c1-11(18-10-2-9-16-18)15(21)17-13-6-3-12(4-7-13)5-8-14(19)20/h2-4,6-7,9-11H,5,8H2,1H3,(H,17,21)(H,19,20). The van der Waals surface area contributed by atoms with E-state index in [1.165, 1.54) is 0 Å². The zero-order valence-corrected chi connectivity index (χ0v) is 11.7. The van der Waals surface area contributed by atoms with E-state index < -0.39 is 12.0 Å². The molecule has 1 heterocycles. The van der Waals surface area contributed by atoms with Gasteiger partial charge in [-0.25, -0.2) is 0 Å². The summed E-state index contributed by atoms with van der Waals surface area (Å²) in [6.07, 6.45) is 3.94. The van der Waals surface area contributed by atoms with Gasteiger partial charge in [-0.05, 0) is 37.1 Å². The fraction of sp³-hybridized carbons (Fsp3) is 0.267. The number of hydrogen-bond acceptors (Lipinski definition) is 3. The number of carboxylic acids is 1. The van der Waals surface area contributed by atoms with Gasteiger partial charge in [0.1, 0.15) is 6.04 Å². The zero-order valence-electron chi connectivity index (χ0n) is 11.7. The van der Waals surface area contributed by atoms with Crippen LogP contribution < -0.4 is 5.32 Å². The third-order valence-electron chi connectivity index (χ3n) is 3.15. The molecular formula is C15H17N3O3. The molecule has 0 aliphatic carbocycles. The summed E-state index contributed by atoms with van der Waals surface area (Å²) in [6.45, 7) is 1.77. The van der Waals surface area contributed by atoms with E-state index in [0.29, 0.717) is 12.1 Å². The van der Waals surface area contributed by atoms with Crippen molar-refractivity contribution >= 4 is 17.6 Å². The lowest BCUT2D eigenvalue weighted by Gasteiger charge is -2.12. The Bertz CT molecular complexity index is 606. The SMILES string of the molecule is CC(C(=O)Nc1ccc(CCC(=O)O)cc1)n1cccn1.